The first-order chi connectivity index (χ1) is 12.2. The number of thioether (sulfide) groups is 1. The molecule has 1 aromatic rings. The Hall–Kier alpha value is -2.29. The lowest BCUT2D eigenvalue weighted by atomic mass is 10.0. The highest BCUT2D eigenvalue weighted by molar-refractivity contribution is 8.13. The summed E-state index contributed by atoms with van der Waals surface area (Å²) >= 11 is 1.12. The third-order valence-electron chi connectivity index (χ3n) is 3.43. The summed E-state index contributed by atoms with van der Waals surface area (Å²) in [6.07, 6.45) is 0. The molecule has 0 aliphatic rings. The third kappa shape index (κ3) is 7.30. The zero-order valence-electron chi connectivity index (χ0n) is 15.4. The van der Waals surface area contributed by atoms with E-state index in [0.29, 0.717) is 11.5 Å². The van der Waals surface area contributed by atoms with Gasteiger partial charge in [0.2, 0.25) is 5.91 Å². The number of nitro benzene ring substituents is 1. The molecule has 0 radical (unpaired) electrons. The van der Waals surface area contributed by atoms with E-state index >= 15 is 0 Å². The first kappa shape index (κ1) is 21.8. The minimum atomic E-state index is -0.622. The fourth-order valence-electron chi connectivity index (χ4n) is 2.09. The van der Waals surface area contributed by atoms with Crippen LogP contribution in [-0.2, 0) is 4.79 Å². The van der Waals surface area contributed by atoms with Crippen LogP contribution in [0.5, 0.6) is 5.75 Å². The van der Waals surface area contributed by atoms with Gasteiger partial charge >= 0.3 is 0 Å². The summed E-state index contributed by atoms with van der Waals surface area (Å²) in [5, 5.41) is 15.9. The van der Waals surface area contributed by atoms with E-state index in [9.17, 15) is 19.7 Å². The number of amides is 2. The molecule has 0 spiro atoms. The van der Waals surface area contributed by atoms with Crippen molar-refractivity contribution in [2.24, 2.45) is 5.92 Å². The largest absolute Gasteiger partial charge is 0.491 e. The summed E-state index contributed by atoms with van der Waals surface area (Å²) < 4.78 is 5.53. The predicted molar refractivity (Wildman–Crippen MR) is 101 cm³/mol. The Balaban J connectivity index is 2.53. The molecule has 0 fully saturated rings. The van der Waals surface area contributed by atoms with E-state index in [1.165, 1.54) is 24.3 Å². The average Bonchev–Trinajstić information content (AvgIpc) is 2.58. The van der Waals surface area contributed by atoms with Crippen LogP contribution in [0.2, 0.25) is 0 Å². The van der Waals surface area contributed by atoms with E-state index < -0.39 is 11.0 Å². The molecule has 0 saturated carbocycles. The van der Waals surface area contributed by atoms with Crippen LogP contribution < -0.4 is 15.4 Å². The maximum absolute atomic E-state index is 12.4. The van der Waals surface area contributed by atoms with Gasteiger partial charge < -0.3 is 15.4 Å². The van der Waals surface area contributed by atoms with E-state index in [2.05, 4.69) is 10.6 Å². The molecule has 8 nitrogen and oxygen atoms in total. The highest BCUT2D eigenvalue weighted by atomic mass is 32.2. The molecule has 1 aromatic carbocycles. The quantitative estimate of drug-likeness (QED) is 0.501. The van der Waals surface area contributed by atoms with Gasteiger partial charge in [-0.05, 0) is 30.7 Å². The van der Waals surface area contributed by atoms with Gasteiger partial charge in [-0.15, -0.1) is 0 Å². The minimum absolute atomic E-state index is 0.0147. The molecule has 144 valence electrons. The fourth-order valence-corrected chi connectivity index (χ4v) is 2.57. The van der Waals surface area contributed by atoms with Crippen molar-refractivity contribution in [1.29, 1.82) is 0 Å². The molecule has 9 heteroatoms. The van der Waals surface area contributed by atoms with Crippen LogP contribution in [-0.4, -0.2) is 40.5 Å². The van der Waals surface area contributed by atoms with E-state index in [1.54, 1.807) is 6.92 Å². The maximum Gasteiger partial charge on any atom is 0.279 e. The number of non-ortho nitro benzene ring substituents is 1. The van der Waals surface area contributed by atoms with Gasteiger partial charge in [0.1, 0.15) is 18.4 Å². The Bertz CT molecular complexity index is 621. The van der Waals surface area contributed by atoms with Crippen LogP contribution in [0, 0.1) is 16.0 Å². The second-order valence-corrected chi connectivity index (χ2v) is 7.29. The number of ether oxygens (including phenoxy) is 1. The Morgan fingerprint density at radius 3 is 2.31 bits per heavy atom. The van der Waals surface area contributed by atoms with Gasteiger partial charge in [-0.1, -0.05) is 32.5 Å². The Labute approximate surface area is 157 Å². The van der Waals surface area contributed by atoms with Gasteiger partial charge in [0.15, 0.2) is 0 Å². The van der Waals surface area contributed by atoms with Gasteiger partial charge in [0.05, 0.1) is 11.0 Å². The zero-order valence-corrected chi connectivity index (χ0v) is 16.2. The molecule has 1 unspecified atom stereocenters. The number of carbonyl (C=O) groups is 2. The summed E-state index contributed by atoms with van der Waals surface area (Å²) in [7, 11) is 0. The van der Waals surface area contributed by atoms with E-state index in [1.807, 2.05) is 20.8 Å². The Morgan fingerprint density at radius 2 is 1.81 bits per heavy atom. The van der Waals surface area contributed by atoms with Gasteiger partial charge in [-0.3, -0.25) is 19.7 Å². The van der Waals surface area contributed by atoms with Crippen LogP contribution in [0.25, 0.3) is 0 Å². The lowest BCUT2D eigenvalue weighted by molar-refractivity contribution is -0.384. The third-order valence-corrected chi connectivity index (χ3v) is 4.10. The van der Waals surface area contributed by atoms with E-state index in [4.69, 9.17) is 4.74 Å². The summed E-state index contributed by atoms with van der Waals surface area (Å²) in [5.74, 6) is 0.784. The molecule has 0 heterocycles. The Morgan fingerprint density at radius 1 is 1.19 bits per heavy atom. The van der Waals surface area contributed by atoms with Crippen molar-refractivity contribution in [2.45, 2.75) is 39.8 Å². The van der Waals surface area contributed by atoms with Crippen molar-refractivity contribution in [2.75, 3.05) is 12.4 Å². The molecular weight excluding hydrogens is 358 g/mol. The number of nitrogens with one attached hydrogen (secondary N) is 2. The number of benzene rings is 1. The van der Waals surface area contributed by atoms with E-state index in [-0.39, 0.29) is 35.4 Å². The van der Waals surface area contributed by atoms with Crippen molar-refractivity contribution in [1.82, 2.24) is 10.6 Å². The average molecular weight is 383 g/mol. The zero-order chi connectivity index (χ0) is 19.7. The normalized spacial score (nSPS) is 13.0. The van der Waals surface area contributed by atoms with Crippen LogP contribution >= 0.6 is 11.8 Å². The standard InChI is InChI=1S/C17H25N3O5S/c1-5-26-17(22)19-15(11(2)3)16(21)18-12(4)10-25-14-8-6-13(7-9-14)20(23)24/h6-9,11-12,15H,5,10H2,1-4H3,(H,18,21)(H,19,22)/t12?,15-/m0/s1. The van der Waals surface area contributed by atoms with Gasteiger partial charge in [-0.25, -0.2) is 0 Å². The number of rotatable bonds is 9. The number of nitro groups is 1. The van der Waals surface area contributed by atoms with Crippen LogP contribution in [0.15, 0.2) is 24.3 Å². The molecule has 2 amide bonds. The molecule has 0 aliphatic heterocycles. The molecule has 2 N–H and O–H groups in total. The fraction of sp³-hybridized carbons (Fsp3) is 0.529. The topological polar surface area (TPSA) is 111 Å². The van der Waals surface area contributed by atoms with Gasteiger partial charge in [0, 0.05) is 12.1 Å². The maximum atomic E-state index is 12.4. The molecule has 0 bridgehead atoms. The Kier molecular flexibility index (Phi) is 8.91. The smallest absolute Gasteiger partial charge is 0.279 e. The van der Waals surface area contributed by atoms with Gasteiger partial charge in [0.25, 0.3) is 10.9 Å². The number of hydrogen-bond donors (Lipinski definition) is 2. The van der Waals surface area contributed by atoms with Crippen LogP contribution in [0.4, 0.5) is 10.5 Å². The summed E-state index contributed by atoms with van der Waals surface area (Å²) in [6, 6.07) is 4.80. The second kappa shape index (κ2) is 10.6. The number of hydrogen-bond acceptors (Lipinski definition) is 6. The summed E-state index contributed by atoms with van der Waals surface area (Å²) in [4.78, 5) is 34.3. The lowest BCUT2D eigenvalue weighted by Gasteiger charge is -2.24. The highest BCUT2D eigenvalue weighted by Crippen LogP contribution is 2.17. The van der Waals surface area contributed by atoms with Crippen molar-refractivity contribution < 1.29 is 19.2 Å². The van der Waals surface area contributed by atoms with Crippen molar-refractivity contribution in [3.63, 3.8) is 0 Å². The molecule has 0 saturated heterocycles. The number of nitrogens with zero attached hydrogens (tertiary/aromatic N) is 1. The number of carbonyl (C=O) groups excluding carboxylic acids is 2. The predicted octanol–water partition coefficient (Wildman–Crippen LogP) is 2.97. The molecule has 2 atom stereocenters. The highest BCUT2D eigenvalue weighted by Gasteiger charge is 2.25. The molecule has 0 aromatic heterocycles. The first-order valence-electron chi connectivity index (χ1n) is 8.35. The molecule has 0 aliphatic carbocycles. The van der Waals surface area contributed by atoms with Crippen molar-refractivity contribution >= 4 is 28.6 Å². The SMILES string of the molecule is CCSC(=O)N[C@H](C(=O)NC(C)COc1ccc([N+](=O)[O-])cc1)C(C)C. The van der Waals surface area contributed by atoms with Crippen molar-refractivity contribution in [3.8, 4) is 5.75 Å². The van der Waals surface area contributed by atoms with E-state index in [0.717, 1.165) is 11.8 Å². The summed E-state index contributed by atoms with van der Waals surface area (Å²) in [6.45, 7) is 7.57. The van der Waals surface area contributed by atoms with Gasteiger partial charge in [-0.2, -0.15) is 0 Å². The summed E-state index contributed by atoms with van der Waals surface area (Å²) in [5.41, 5.74) is -0.0147. The van der Waals surface area contributed by atoms with Crippen molar-refractivity contribution in [3.05, 3.63) is 34.4 Å². The van der Waals surface area contributed by atoms with Crippen LogP contribution in [0.3, 0.4) is 0 Å². The second-order valence-electron chi connectivity index (χ2n) is 6.06. The lowest BCUT2D eigenvalue weighted by Crippen LogP contribution is -2.51. The molecule has 26 heavy (non-hydrogen) atoms. The first-order valence-corrected chi connectivity index (χ1v) is 9.34. The molecular formula is C17H25N3O5S. The monoisotopic (exact) mass is 383 g/mol. The molecule has 1 rings (SSSR count). The minimum Gasteiger partial charge on any atom is -0.491 e. The van der Waals surface area contributed by atoms with Crippen LogP contribution in [0.1, 0.15) is 27.7 Å².